The van der Waals surface area contributed by atoms with Gasteiger partial charge in [-0.25, -0.2) is 9.97 Å². The summed E-state index contributed by atoms with van der Waals surface area (Å²) in [6.45, 7) is 0. The van der Waals surface area contributed by atoms with Crippen LogP contribution >= 0.6 is 11.8 Å². The zero-order valence-electron chi connectivity index (χ0n) is 17.8. The average molecular weight is 475 g/mol. The predicted octanol–water partition coefficient (Wildman–Crippen LogP) is 5.01. The van der Waals surface area contributed by atoms with Gasteiger partial charge in [-0.15, -0.1) is 0 Å². The molecule has 3 aromatic rings. The van der Waals surface area contributed by atoms with Crippen LogP contribution in [0.25, 0.3) is 11.3 Å². The second kappa shape index (κ2) is 9.30. The number of nitrogens with one attached hydrogen (secondary N) is 1. The lowest BCUT2D eigenvalue weighted by molar-refractivity contribution is -0.142. The van der Waals surface area contributed by atoms with Crippen LogP contribution in [0.5, 0.6) is 11.5 Å². The number of carbonyl (C=O) groups excluding carboxylic acids is 1. The lowest BCUT2D eigenvalue weighted by Crippen LogP contribution is -2.19. The van der Waals surface area contributed by atoms with Gasteiger partial charge in [-0.1, -0.05) is 36.0 Å². The Balaban J connectivity index is 1.56. The number of amides is 1. The summed E-state index contributed by atoms with van der Waals surface area (Å²) < 4.78 is 51.6. The summed E-state index contributed by atoms with van der Waals surface area (Å²) in [5.74, 6) is 0.371. The number of nitrogens with zero attached hydrogens (tertiary/aromatic N) is 2. The summed E-state index contributed by atoms with van der Waals surface area (Å²) in [7, 11) is 2.97. The number of thioether (sulfide) groups is 1. The van der Waals surface area contributed by atoms with Gasteiger partial charge in [0.05, 0.1) is 25.7 Å². The Morgan fingerprint density at radius 2 is 1.82 bits per heavy atom. The molecule has 6 nitrogen and oxygen atoms in total. The molecule has 0 fully saturated rings. The number of hydrogen-bond acceptors (Lipinski definition) is 6. The minimum absolute atomic E-state index is 0.0970. The van der Waals surface area contributed by atoms with Crippen molar-refractivity contribution in [3.05, 3.63) is 59.3 Å². The Bertz CT molecular complexity index is 1200. The Kier molecular flexibility index (Phi) is 6.46. The van der Waals surface area contributed by atoms with Gasteiger partial charge in [-0.3, -0.25) is 4.79 Å². The quantitative estimate of drug-likeness (QED) is 0.399. The number of fused-ring (bicyclic) bond motifs is 3. The first-order valence-electron chi connectivity index (χ1n) is 10.0. The van der Waals surface area contributed by atoms with Crippen molar-refractivity contribution in [1.29, 1.82) is 0 Å². The van der Waals surface area contributed by atoms with Gasteiger partial charge in [0, 0.05) is 22.9 Å². The van der Waals surface area contributed by atoms with Gasteiger partial charge >= 0.3 is 6.18 Å². The molecule has 4 rings (SSSR count). The van der Waals surface area contributed by atoms with Gasteiger partial charge in [-0.2, -0.15) is 13.2 Å². The highest BCUT2D eigenvalue weighted by Gasteiger charge is 2.38. The molecule has 0 radical (unpaired) electrons. The van der Waals surface area contributed by atoms with E-state index in [1.54, 1.807) is 30.3 Å². The fourth-order valence-electron chi connectivity index (χ4n) is 3.69. The van der Waals surface area contributed by atoms with Crippen LogP contribution in [0.4, 0.5) is 18.9 Å². The molecule has 2 aromatic carbocycles. The normalized spacial score (nSPS) is 12.5. The first kappa shape index (κ1) is 22.9. The van der Waals surface area contributed by atoms with Crippen molar-refractivity contribution in [2.45, 2.75) is 24.2 Å². The first-order valence-corrected chi connectivity index (χ1v) is 11.0. The second-order valence-corrected chi connectivity index (χ2v) is 8.19. The lowest BCUT2D eigenvalue weighted by Gasteiger charge is -2.22. The predicted molar refractivity (Wildman–Crippen MR) is 119 cm³/mol. The van der Waals surface area contributed by atoms with Crippen LogP contribution < -0.4 is 14.8 Å². The van der Waals surface area contributed by atoms with Crippen LogP contribution in [0.15, 0.2) is 47.6 Å². The minimum atomic E-state index is -4.61. The Morgan fingerprint density at radius 3 is 2.55 bits per heavy atom. The number of carbonyl (C=O) groups is 1. The number of hydrogen-bond donors (Lipinski definition) is 1. The summed E-state index contributed by atoms with van der Waals surface area (Å²) in [4.78, 5) is 20.6. The third-order valence-corrected chi connectivity index (χ3v) is 6.02. The van der Waals surface area contributed by atoms with Crippen molar-refractivity contribution in [3.63, 3.8) is 0 Å². The van der Waals surface area contributed by atoms with Crippen LogP contribution in [0.2, 0.25) is 0 Å². The molecular weight excluding hydrogens is 455 g/mol. The molecule has 0 spiro atoms. The number of benzene rings is 2. The number of methoxy groups -OCH3 is 2. The van der Waals surface area contributed by atoms with Crippen LogP contribution in [0.3, 0.4) is 0 Å². The first-order chi connectivity index (χ1) is 15.8. The molecular formula is C23H20F3N3O3S. The van der Waals surface area contributed by atoms with E-state index in [1.807, 2.05) is 12.1 Å². The zero-order chi connectivity index (χ0) is 23.6. The van der Waals surface area contributed by atoms with Crippen molar-refractivity contribution < 1.29 is 27.4 Å². The van der Waals surface area contributed by atoms with E-state index in [-0.39, 0.29) is 28.6 Å². The van der Waals surface area contributed by atoms with E-state index in [4.69, 9.17) is 9.47 Å². The summed E-state index contributed by atoms with van der Waals surface area (Å²) in [6, 6.07) is 12.1. The fraction of sp³-hybridized carbons (Fsp3) is 0.261. The van der Waals surface area contributed by atoms with Gasteiger partial charge in [0.1, 0.15) is 0 Å². The molecule has 0 saturated carbocycles. The standard InChI is InChI=1S/C23H20F3N3O3S/c1-31-17-10-8-14(11-18(17)32-2)27-19(30)12-33-22-28-20-15-6-4-3-5-13(15)7-9-16(20)21(29-22)23(24,25)26/h3-6,8,10-11H,7,9,12H2,1-2H3,(H,27,30). The Hall–Kier alpha value is -3.27. The molecule has 172 valence electrons. The SMILES string of the molecule is COc1ccc(NC(=O)CSc2nc3c(c(C(F)(F)F)n2)CCc2ccccc2-3)cc1OC. The largest absolute Gasteiger partial charge is 0.493 e. The molecule has 0 saturated heterocycles. The van der Waals surface area contributed by atoms with Crippen molar-refractivity contribution in [2.75, 3.05) is 25.3 Å². The molecule has 33 heavy (non-hydrogen) atoms. The molecule has 0 unspecified atom stereocenters. The van der Waals surface area contributed by atoms with Crippen molar-refractivity contribution in [3.8, 4) is 22.8 Å². The number of aryl methyl sites for hydroxylation is 1. The molecule has 1 amide bonds. The number of halogens is 3. The van der Waals surface area contributed by atoms with Crippen molar-refractivity contribution in [2.24, 2.45) is 0 Å². The number of anilines is 1. The number of aromatic nitrogens is 2. The van der Waals surface area contributed by atoms with Crippen molar-refractivity contribution >= 4 is 23.4 Å². The molecule has 1 aliphatic carbocycles. The molecule has 1 aliphatic rings. The summed E-state index contributed by atoms with van der Waals surface area (Å²) in [6.07, 6.45) is -3.90. The van der Waals surface area contributed by atoms with E-state index < -0.39 is 17.8 Å². The highest BCUT2D eigenvalue weighted by Crippen LogP contribution is 2.40. The second-order valence-electron chi connectivity index (χ2n) is 7.24. The highest BCUT2D eigenvalue weighted by atomic mass is 32.2. The van der Waals surface area contributed by atoms with Crippen LogP contribution in [0.1, 0.15) is 16.8 Å². The third-order valence-electron chi connectivity index (χ3n) is 5.17. The molecule has 1 N–H and O–H groups in total. The van der Waals surface area contributed by atoms with E-state index in [1.165, 1.54) is 14.2 Å². The number of ether oxygens (including phenoxy) is 2. The average Bonchev–Trinajstić information content (AvgIpc) is 2.81. The Labute approximate surface area is 192 Å². The topological polar surface area (TPSA) is 73.3 Å². The van der Waals surface area contributed by atoms with E-state index in [0.29, 0.717) is 29.2 Å². The maximum Gasteiger partial charge on any atom is 0.433 e. The molecule has 0 aliphatic heterocycles. The van der Waals surface area contributed by atoms with E-state index in [9.17, 15) is 18.0 Å². The maximum atomic E-state index is 13.8. The van der Waals surface area contributed by atoms with E-state index >= 15 is 0 Å². The maximum absolute atomic E-state index is 13.8. The minimum Gasteiger partial charge on any atom is -0.493 e. The monoisotopic (exact) mass is 475 g/mol. The van der Waals surface area contributed by atoms with Crippen molar-refractivity contribution in [1.82, 2.24) is 9.97 Å². The van der Waals surface area contributed by atoms with E-state index in [2.05, 4.69) is 15.3 Å². The molecule has 0 bridgehead atoms. The highest BCUT2D eigenvalue weighted by molar-refractivity contribution is 7.99. The molecule has 10 heteroatoms. The lowest BCUT2D eigenvalue weighted by atomic mass is 9.88. The van der Waals surface area contributed by atoms with Gasteiger partial charge in [-0.05, 0) is 30.5 Å². The fourth-order valence-corrected chi connectivity index (χ4v) is 4.34. The zero-order valence-corrected chi connectivity index (χ0v) is 18.6. The summed E-state index contributed by atoms with van der Waals surface area (Å²) in [5.41, 5.74) is 1.52. The smallest absolute Gasteiger partial charge is 0.433 e. The molecule has 1 aromatic heterocycles. The number of rotatable bonds is 6. The van der Waals surface area contributed by atoms with Gasteiger partial charge in [0.2, 0.25) is 5.91 Å². The van der Waals surface area contributed by atoms with E-state index in [0.717, 1.165) is 17.3 Å². The van der Waals surface area contributed by atoms with Gasteiger partial charge in [0.15, 0.2) is 22.3 Å². The molecule has 0 atom stereocenters. The van der Waals surface area contributed by atoms with Gasteiger partial charge < -0.3 is 14.8 Å². The molecule has 1 heterocycles. The summed E-state index contributed by atoms with van der Waals surface area (Å²) in [5, 5.41) is 2.59. The van der Waals surface area contributed by atoms with Crippen LogP contribution in [0, 0.1) is 0 Å². The van der Waals surface area contributed by atoms with Crippen LogP contribution in [-0.2, 0) is 23.8 Å². The van der Waals surface area contributed by atoms with Gasteiger partial charge in [0.25, 0.3) is 0 Å². The summed E-state index contributed by atoms with van der Waals surface area (Å²) >= 11 is 0.853. The third kappa shape index (κ3) is 4.90. The number of alkyl halides is 3. The Morgan fingerprint density at radius 1 is 1.06 bits per heavy atom. The van der Waals surface area contributed by atoms with Crippen LogP contribution in [-0.4, -0.2) is 35.8 Å².